The Balaban J connectivity index is 0.00000348. The van der Waals surface area contributed by atoms with Crippen LogP contribution in [0, 0.1) is 0 Å². The molecule has 4 aromatic carbocycles. The SMILES string of the molecule is [Zn+2].c1ccc2c(c1)-c1nc-2nc2[n-]c3nc4nc(nc5[n-]c(n1)c1ccccc51)-c1cccc(c1-4)OCCOCCOCCOc1cccc2c13. The van der Waals surface area contributed by atoms with Gasteiger partial charge >= 0.3 is 19.5 Å². The molecule has 0 N–H and O–H groups in total. The Morgan fingerprint density at radius 3 is 1.59 bits per heavy atom. The van der Waals surface area contributed by atoms with Crippen LogP contribution in [0.4, 0.5) is 0 Å². The second kappa shape index (κ2) is 12.9. The van der Waals surface area contributed by atoms with Gasteiger partial charge in [0.25, 0.3) is 0 Å². The van der Waals surface area contributed by atoms with Crippen LogP contribution in [0.25, 0.3) is 89.7 Å². The molecule has 0 spiro atoms. The molecule has 12 nitrogen and oxygen atoms in total. The van der Waals surface area contributed by atoms with E-state index < -0.39 is 0 Å². The molecule has 0 unspecified atom stereocenters. The number of aromatic nitrogens is 8. The molecule has 51 heavy (non-hydrogen) atoms. The zero-order chi connectivity index (χ0) is 33.0. The van der Waals surface area contributed by atoms with Gasteiger partial charge in [-0.3, -0.25) is 0 Å². The second-order valence-corrected chi connectivity index (χ2v) is 11.9. The predicted molar refractivity (Wildman–Crippen MR) is 187 cm³/mol. The Hall–Kier alpha value is -5.62. The molecule has 13 heteroatoms. The molecule has 3 aliphatic heterocycles. The fourth-order valence-electron chi connectivity index (χ4n) is 6.57. The van der Waals surface area contributed by atoms with Gasteiger partial charge in [0.1, 0.15) is 24.7 Å². The van der Waals surface area contributed by atoms with Crippen molar-refractivity contribution in [3.63, 3.8) is 0 Å². The van der Waals surface area contributed by atoms with E-state index in [0.717, 1.165) is 32.8 Å². The number of benzene rings is 4. The molecule has 0 amide bonds. The van der Waals surface area contributed by atoms with Crippen LogP contribution in [0.3, 0.4) is 0 Å². The summed E-state index contributed by atoms with van der Waals surface area (Å²) in [6.45, 7) is 2.30. The summed E-state index contributed by atoms with van der Waals surface area (Å²) in [4.78, 5) is 40.1. The van der Waals surface area contributed by atoms with Crippen LogP contribution in [0.5, 0.6) is 11.5 Å². The maximum Gasteiger partial charge on any atom is 2.00 e. The molecule has 0 radical (unpaired) electrons. The summed E-state index contributed by atoms with van der Waals surface area (Å²) in [7, 11) is 0. The average molecular weight is 724 g/mol. The van der Waals surface area contributed by atoms with Gasteiger partial charge in [-0.15, -0.1) is 0 Å². The zero-order valence-electron chi connectivity index (χ0n) is 27.2. The summed E-state index contributed by atoms with van der Waals surface area (Å²) in [6.07, 6.45) is 0. The maximum atomic E-state index is 6.28. The molecule has 3 aromatic heterocycles. The van der Waals surface area contributed by atoms with Crippen LogP contribution in [0.2, 0.25) is 0 Å². The minimum absolute atomic E-state index is 0. The third kappa shape index (κ3) is 5.41. The Bertz CT molecular complexity index is 2660. The molecule has 0 fully saturated rings. The van der Waals surface area contributed by atoms with Gasteiger partial charge in [-0.1, -0.05) is 72.8 Å². The third-order valence-corrected chi connectivity index (χ3v) is 8.84. The molecule has 0 aliphatic carbocycles. The van der Waals surface area contributed by atoms with E-state index >= 15 is 0 Å². The van der Waals surface area contributed by atoms with Crippen LogP contribution in [-0.2, 0) is 29.0 Å². The first-order chi connectivity index (χ1) is 24.8. The van der Waals surface area contributed by atoms with Gasteiger partial charge < -0.3 is 48.9 Å². The summed E-state index contributed by atoms with van der Waals surface area (Å²) >= 11 is 0. The molecule has 244 valence electrons. The molecule has 8 bridgehead atoms. The fraction of sp³-hybridized carbons (Fsp3) is 0.158. The molecule has 10 rings (SSSR count). The molecule has 0 saturated heterocycles. The normalized spacial score (nSPS) is 14.2. The van der Waals surface area contributed by atoms with Crippen molar-refractivity contribution in [2.45, 2.75) is 0 Å². The number of hydrogen-bond donors (Lipinski definition) is 0. The summed E-state index contributed by atoms with van der Waals surface area (Å²) in [5.74, 6) is 3.05. The molecule has 7 aromatic rings. The molecular weight excluding hydrogens is 698 g/mol. The van der Waals surface area contributed by atoms with Crippen LogP contribution < -0.4 is 19.4 Å². The minimum Gasteiger partial charge on any atom is -0.491 e. The summed E-state index contributed by atoms with van der Waals surface area (Å²) in [5, 5.41) is 3.15. The Morgan fingerprint density at radius 2 is 0.882 bits per heavy atom. The van der Waals surface area contributed by atoms with Crippen LogP contribution in [0.1, 0.15) is 0 Å². The minimum atomic E-state index is 0. The molecule has 0 saturated carbocycles. The van der Waals surface area contributed by atoms with Crippen molar-refractivity contribution in [3.8, 4) is 57.1 Å². The Kier molecular flexibility index (Phi) is 7.95. The van der Waals surface area contributed by atoms with Gasteiger partial charge in [0, 0.05) is 44.7 Å². The van der Waals surface area contributed by atoms with Gasteiger partial charge in [0.2, 0.25) is 0 Å². The van der Waals surface area contributed by atoms with Gasteiger partial charge in [0.15, 0.2) is 0 Å². The standard InChI is InChI=1S/C38H26N8O4.Zn/c1-3-9-23-21(7-1)31-39-32-22-8-2-4-10-24(22)34(41-32)43-36-26-12-6-14-28-30(26)38(45-36)46-37-29-25(35(44-37)42-33(23)40-31)11-5-13-27(29)49-19-17-47-15-16-48-18-20-50-28;/h1-14H,15-20H2;/q-2;+2. The largest absolute Gasteiger partial charge is 2.00 e. The van der Waals surface area contributed by atoms with Gasteiger partial charge in [-0.25, -0.2) is 9.97 Å². The van der Waals surface area contributed by atoms with E-state index in [4.69, 9.17) is 58.8 Å². The van der Waals surface area contributed by atoms with Crippen molar-refractivity contribution in [2.24, 2.45) is 0 Å². The quantitative estimate of drug-likeness (QED) is 0.171. The average Bonchev–Trinajstić information content (AvgIpc) is 3.88. The van der Waals surface area contributed by atoms with Crippen LogP contribution in [0.15, 0.2) is 84.9 Å². The van der Waals surface area contributed by atoms with Crippen molar-refractivity contribution in [3.05, 3.63) is 84.9 Å². The first-order valence-electron chi connectivity index (χ1n) is 16.4. The Morgan fingerprint density at radius 1 is 0.412 bits per heavy atom. The fourth-order valence-corrected chi connectivity index (χ4v) is 6.57. The Labute approximate surface area is 303 Å². The first kappa shape index (κ1) is 31.4. The van der Waals surface area contributed by atoms with Gasteiger partial charge in [0.05, 0.1) is 55.3 Å². The van der Waals surface area contributed by atoms with E-state index in [2.05, 4.69) is 0 Å². The number of nitrogens with zero attached hydrogens (tertiary/aromatic N) is 8. The van der Waals surface area contributed by atoms with E-state index in [-0.39, 0.29) is 19.5 Å². The number of ether oxygens (including phenoxy) is 4. The summed E-state index contributed by atoms with van der Waals surface area (Å²) < 4.78 is 24.1. The van der Waals surface area contributed by atoms with E-state index in [1.807, 2.05) is 84.9 Å². The molecular formula is C38H26N8O4Zn. The predicted octanol–water partition coefficient (Wildman–Crippen LogP) is 5.93. The van der Waals surface area contributed by atoms with Crippen molar-refractivity contribution in [2.75, 3.05) is 39.6 Å². The van der Waals surface area contributed by atoms with E-state index in [0.29, 0.717) is 108 Å². The third-order valence-electron chi connectivity index (χ3n) is 8.84. The first-order valence-corrected chi connectivity index (χ1v) is 16.4. The molecule has 3 aliphatic rings. The molecule has 0 atom stereocenters. The topological polar surface area (TPSA) is 142 Å². The van der Waals surface area contributed by atoms with Crippen molar-refractivity contribution >= 4 is 44.1 Å². The van der Waals surface area contributed by atoms with Gasteiger partial charge in [-0.2, -0.15) is 0 Å². The summed E-state index contributed by atoms with van der Waals surface area (Å²) in [5.41, 5.74) is 5.00. The number of rotatable bonds is 0. The van der Waals surface area contributed by atoms with Crippen molar-refractivity contribution in [1.82, 2.24) is 39.9 Å². The van der Waals surface area contributed by atoms with Crippen LogP contribution >= 0.6 is 0 Å². The van der Waals surface area contributed by atoms with Gasteiger partial charge in [-0.05, 0) is 28.3 Å². The number of hydrogen-bond acceptors (Lipinski definition) is 10. The van der Waals surface area contributed by atoms with E-state index in [9.17, 15) is 0 Å². The van der Waals surface area contributed by atoms with Crippen molar-refractivity contribution in [1.29, 1.82) is 0 Å². The number of fused-ring (bicyclic) bond motifs is 14. The monoisotopic (exact) mass is 722 g/mol. The van der Waals surface area contributed by atoms with E-state index in [1.165, 1.54) is 0 Å². The van der Waals surface area contributed by atoms with Crippen molar-refractivity contribution < 1.29 is 38.4 Å². The maximum absolute atomic E-state index is 6.28. The van der Waals surface area contributed by atoms with E-state index in [1.54, 1.807) is 0 Å². The smallest absolute Gasteiger partial charge is 0.491 e. The molecule has 6 heterocycles. The second-order valence-electron chi connectivity index (χ2n) is 11.9. The summed E-state index contributed by atoms with van der Waals surface area (Å²) in [6, 6.07) is 27.3. The zero-order valence-corrected chi connectivity index (χ0v) is 30.2. The van der Waals surface area contributed by atoms with Crippen LogP contribution in [-0.4, -0.2) is 69.5 Å².